The topological polar surface area (TPSA) is 67.0 Å². The molecule has 1 aliphatic heterocycles. The fourth-order valence-electron chi connectivity index (χ4n) is 3.69. The van der Waals surface area contributed by atoms with Gasteiger partial charge in [-0.1, -0.05) is 23.7 Å². The molecular formula is C20H19ClFN3O2. The lowest BCUT2D eigenvalue weighted by molar-refractivity contribution is 0.0363. The van der Waals surface area contributed by atoms with Gasteiger partial charge in [-0.25, -0.2) is 9.18 Å². The van der Waals surface area contributed by atoms with Crippen LogP contribution >= 0.6 is 11.6 Å². The molecule has 0 unspecified atom stereocenters. The van der Waals surface area contributed by atoms with Crippen LogP contribution in [-0.4, -0.2) is 35.9 Å². The number of carbonyl (C=O) groups is 1. The summed E-state index contributed by atoms with van der Waals surface area (Å²) in [6, 6.07) is 9.78. The number of esters is 1. The van der Waals surface area contributed by atoms with E-state index in [4.69, 9.17) is 16.3 Å². The maximum absolute atomic E-state index is 13.4. The minimum atomic E-state index is -0.452. The lowest BCUT2D eigenvalue weighted by atomic mass is 9.74. The van der Waals surface area contributed by atoms with Gasteiger partial charge in [-0.2, -0.15) is 5.10 Å². The summed E-state index contributed by atoms with van der Waals surface area (Å²) in [5, 5.41) is 11.3. The van der Waals surface area contributed by atoms with E-state index in [-0.39, 0.29) is 17.8 Å². The van der Waals surface area contributed by atoms with Crippen molar-refractivity contribution >= 4 is 28.5 Å². The first-order valence-electron chi connectivity index (χ1n) is 8.84. The number of ether oxygens (including phenoxy) is 1. The van der Waals surface area contributed by atoms with Crippen LogP contribution in [0.3, 0.4) is 0 Å². The van der Waals surface area contributed by atoms with E-state index in [2.05, 4.69) is 15.5 Å². The summed E-state index contributed by atoms with van der Waals surface area (Å²) in [7, 11) is 0. The second-order valence-corrected chi connectivity index (χ2v) is 7.34. The summed E-state index contributed by atoms with van der Waals surface area (Å²) < 4.78 is 19.1. The molecule has 140 valence electrons. The number of piperidine rings is 1. The second kappa shape index (κ2) is 7.29. The lowest BCUT2D eigenvalue weighted by Gasteiger charge is -2.37. The zero-order valence-corrected chi connectivity index (χ0v) is 15.4. The average molecular weight is 388 g/mol. The number of hydrogen-bond donors (Lipinski definition) is 2. The van der Waals surface area contributed by atoms with E-state index < -0.39 is 5.97 Å². The zero-order valence-electron chi connectivity index (χ0n) is 14.6. The third kappa shape index (κ3) is 3.55. The molecule has 1 saturated heterocycles. The summed E-state index contributed by atoms with van der Waals surface area (Å²) in [6.07, 6.45) is 3.23. The van der Waals surface area contributed by atoms with Gasteiger partial charge in [0, 0.05) is 15.8 Å². The number of rotatable bonds is 4. The average Bonchev–Trinajstić information content (AvgIpc) is 3.15. The van der Waals surface area contributed by atoms with Gasteiger partial charge in [0.15, 0.2) is 0 Å². The molecule has 0 spiro atoms. The Labute approximate surface area is 160 Å². The largest absolute Gasteiger partial charge is 0.461 e. The number of H-pyrrole nitrogens is 1. The number of hydrogen-bond acceptors (Lipinski definition) is 4. The minimum Gasteiger partial charge on any atom is -0.461 e. The van der Waals surface area contributed by atoms with Crippen molar-refractivity contribution in [2.75, 3.05) is 19.7 Å². The highest BCUT2D eigenvalue weighted by molar-refractivity contribution is 6.32. The van der Waals surface area contributed by atoms with Crippen LogP contribution in [0.1, 0.15) is 28.8 Å². The van der Waals surface area contributed by atoms with Crippen LogP contribution in [0.2, 0.25) is 5.02 Å². The summed E-state index contributed by atoms with van der Waals surface area (Å²) in [6.45, 7) is 1.86. The van der Waals surface area contributed by atoms with E-state index in [0.29, 0.717) is 16.1 Å². The molecule has 1 aromatic heterocycles. The highest BCUT2D eigenvalue weighted by Gasteiger charge is 2.35. The van der Waals surface area contributed by atoms with E-state index in [1.54, 1.807) is 30.5 Å². The van der Waals surface area contributed by atoms with Gasteiger partial charge < -0.3 is 10.1 Å². The zero-order chi connectivity index (χ0) is 18.9. The van der Waals surface area contributed by atoms with Crippen LogP contribution in [0.4, 0.5) is 4.39 Å². The van der Waals surface area contributed by atoms with E-state index in [1.165, 1.54) is 12.1 Å². The molecule has 0 saturated carbocycles. The number of fused-ring (bicyclic) bond motifs is 1. The van der Waals surface area contributed by atoms with E-state index in [0.717, 1.165) is 36.9 Å². The van der Waals surface area contributed by atoms with Crippen molar-refractivity contribution in [3.8, 4) is 0 Å². The predicted octanol–water partition coefficient (Wildman–Crippen LogP) is 3.83. The molecule has 0 radical (unpaired) electrons. The van der Waals surface area contributed by atoms with Gasteiger partial charge in [-0.3, -0.25) is 5.10 Å². The molecule has 3 aromatic rings. The van der Waals surface area contributed by atoms with Crippen LogP contribution < -0.4 is 5.32 Å². The molecule has 1 fully saturated rings. The molecule has 27 heavy (non-hydrogen) atoms. The molecule has 2 N–H and O–H groups in total. The first kappa shape index (κ1) is 17.9. The molecule has 0 bridgehead atoms. The van der Waals surface area contributed by atoms with Gasteiger partial charge >= 0.3 is 5.97 Å². The van der Waals surface area contributed by atoms with Crippen LogP contribution in [0.15, 0.2) is 42.6 Å². The lowest BCUT2D eigenvalue weighted by Crippen LogP contribution is -2.43. The van der Waals surface area contributed by atoms with Gasteiger partial charge in [-0.15, -0.1) is 0 Å². The van der Waals surface area contributed by atoms with Crippen molar-refractivity contribution in [3.05, 3.63) is 64.6 Å². The maximum atomic E-state index is 13.4. The summed E-state index contributed by atoms with van der Waals surface area (Å²) in [5.74, 6) is -0.729. The second-order valence-electron chi connectivity index (χ2n) is 6.90. The Hall–Kier alpha value is -2.44. The smallest absolute Gasteiger partial charge is 0.340 e. The summed E-state index contributed by atoms with van der Waals surface area (Å²) >= 11 is 6.12. The third-order valence-electron chi connectivity index (χ3n) is 5.23. The van der Waals surface area contributed by atoms with Crippen molar-refractivity contribution < 1.29 is 13.9 Å². The Balaban J connectivity index is 1.59. The number of carbonyl (C=O) groups excluding carboxylic acids is 1. The van der Waals surface area contributed by atoms with Crippen molar-refractivity contribution in [3.63, 3.8) is 0 Å². The molecule has 4 rings (SSSR count). The fraction of sp³-hybridized carbons (Fsp3) is 0.300. The number of nitrogens with zero attached hydrogens (tertiary/aromatic N) is 1. The third-order valence-corrected chi connectivity index (χ3v) is 5.45. The number of aromatic amines is 1. The molecule has 2 aromatic carbocycles. The molecule has 0 amide bonds. The highest BCUT2D eigenvalue weighted by atomic mass is 35.5. The van der Waals surface area contributed by atoms with Gasteiger partial charge in [-0.05, 0) is 55.8 Å². The quantitative estimate of drug-likeness (QED) is 0.667. The van der Waals surface area contributed by atoms with Gasteiger partial charge in [0.25, 0.3) is 0 Å². The van der Waals surface area contributed by atoms with Crippen LogP contribution in [0, 0.1) is 5.82 Å². The number of halogens is 2. The van der Waals surface area contributed by atoms with Crippen LogP contribution in [0.25, 0.3) is 10.9 Å². The molecule has 2 heterocycles. The fourth-order valence-corrected chi connectivity index (χ4v) is 3.92. The Bertz CT molecular complexity index is 965. The standard InChI is InChI=1S/C20H19ClFN3O2/c21-15-9-13-11-24-25-18(13)17(10-15)19(26)27-12-20(5-7-23-8-6-20)14-1-3-16(22)4-2-14/h1-4,9-11,23H,5-8,12H2,(H,24,25). The van der Waals surface area contributed by atoms with E-state index in [9.17, 15) is 9.18 Å². The summed E-state index contributed by atoms with van der Waals surface area (Å²) in [4.78, 5) is 12.8. The van der Waals surface area contributed by atoms with Gasteiger partial charge in [0.1, 0.15) is 12.4 Å². The highest BCUT2D eigenvalue weighted by Crippen LogP contribution is 2.34. The molecule has 5 nitrogen and oxygen atoms in total. The first-order valence-corrected chi connectivity index (χ1v) is 9.22. The SMILES string of the molecule is O=C(OCC1(c2ccc(F)cc2)CCNCC1)c1cc(Cl)cc2cn[nH]c12. The van der Waals surface area contributed by atoms with Crippen molar-refractivity contribution in [2.45, 2.75) is 18.3 Å². The molecular weight excluding hydrogens is 369 g/mol. The Kier molecular flexibility index (Phi) is 4.85. The van der Waals surface area contributed by atoms with Crippen molar-refractivity contribution in [2.24, 2.45) is 0 Å². The molecule has 1 aliphatic rings. The van der Waals surface area contributed by atoms with Crippen LogP contribution in [-0.2, 0) is 10.2 Å². The Morgan fingerprint density at radius 2 is 1.96 bits per heavy atom. The van der Waals surface area contributed by atoms with E-state index in [1.807, 2.05) is 0 Å². The predicted molar refractivity (Wildman–Crippen MR) is 102 cm³/mol. The summed E-state index contributed by atoms with van der Waals surface area (Å²) in [5.41, 5.74) is 1.61. The van der Waals surface area contributed by atoms with Crippen LogP contribution in [0.5, 0.6) is 0 Å². The maximum Gasteiger partial charge on any atom is 0.340 e. The monoisotopic (exact) mass is 387 g/mol. The van der Waals surface area contributed by atoms with Crippen molar-refractivity contribution in [1.82, 2.24) is 15.5 Å². The van der Waals surface area contributed by atoms with E-state index >= 15 is 0 Å². The Morgan fingerprint density at radius 3 is 2.70 bits per heavy atom. The number of benzene rings is 2. The molecule has 0 atom stereocenters. The van der Waals surface area contributed by atoms with Gasteiger partial charge in [0.05, 0.1) is 17.3 Å². The molecule has 0 aliphatic carbocycles. The molecule has 7 heteroatoms. The normalized spacial score (nSPS) is 16.4. The number of nitrogens with one attached hydrogen (secondary N) is 2. The first-order chi connectivity index (χ1) is 13.1. The van der Waals surface area contributed by atoms with Crippen molar-refractivity contribution in [1.29, 1.82) is 0 Å². The number of aromatic nitrogens is 2. The van der Waals surface area contributed by atoms with Gasteiger partial charge in [0.2, 0.25) is 0 Å². The minimum absolute atomic E-state index is 0.224. The Morgan fingerprint density at radius 1 is 1.22 bits per heavy atom.